The van der Waals surface area contributed by atoms with Crippen LogP contribution in [0.4, 0.5) is 0 Å². The number of aromatic nitrogens is 2. The van der Waals surface area contributed by atoms with Crippen molar-refractivity contribution in [1.82, 2.24) is 19.0 Å². The quantitative estimate of drug-likeness (QED) is 0.596. The highest BCUT2D eigenvalue weighted by atomic mass is 35.5. The normalized spacial score (nSPS) is 15.1. The summed E-state index contributed by atoms with van der Waals surface area (Å²) < 4.78 is 28.2. The molecule has 31 heavy (non-hydrogen) atoms. The Labute approximate surface area is 184 Å². The largest absolute Gasteiger partial charge is 0.335 e. The van der Waals surface area contributed by atoms with Gasteiger partial charge in [-0.3, -0.25) is 9.59 Å². The highest BCUT2D eigenvalue weighted by Gasteiger charge is 2.31. The Morgan fingerprint density at radius 2 is 1.61 bits per heavy atom. The highest BCUT2D eigenvalue weighted by Crippen LogP contribution is 2.21. The summed E-state index contributed by atoms with van der Waals surface area (Å²) in [6.07, 6.45) is 0. The van der Waals surface area contributed by atoms with E-state index in [0.29, 0.717) is 10.7 Å². The van der Waals surface area contributed by atoms with Gasteiger partial charge in [0.2, 0.25) is 10.0 Å². The minimum atomic E-state index is -3.70. The number of carbonyl (C=O) groups is 1. The van der Waals surface area contributed by atoms with Crippen LogP contribution in [0, 0.1) is 0 Å². The van der Waals surface area contributed by atoms with Crippen molar-refractivity contribution in [1.29, 1.82) is 0 Å². The van der Waals surface area contributed by atoms with Crippen LogP contribution in [-0.4, -0.2) is 59.5 Å². The number of amides is 1. The Hall–Kier alpha value is -3.01. The Bertz CT molecular complexity index is 1270. The van der Waals surface area contributed by atoms with E-state index in [0.717, 1.165) is 0 Å². The smallest absolute Gasteiger partial charge is 0.274 e. The molecule has 160 valence electrons. The second-order valence-corrected chi connectivity index (χ2v) is 9.33. The Kier molecular flexibility index (Phi) is 5.90. The molecule has 0 aliphatic carbocycles. The van der Waals surface area contributed by atoms with E-state index in [1.54, 1.807) is 36.4 Å². The predicted octanol–water partition coefficient (Wildman–Crippen LogP) is 2.03. The van der Waals surface area contributed by atoms with Crippen molar-refractivity contribution >= 4 is 27.5 Å². The molecule has 1 amide bonds. The molecule has 0 unspecified atom stereocenters. The first-order valence-corrected chi connectivity index (χ1v) is 11.4. The van der Waals surface area contributed by atoms with Crippen LogP contribution in [0.2, 0.25) is 5.02 Å². The van der Waals surface area contributed by atoms with Gasteiger partial charge in [-0.15, -0.1) is 0 Å². The van der Waals surface area contributed by atoms with Gasteiger partial charge in [0.15, 0.2) is 0 Å². The predicted molar refractivity (Wildman–Crippen MR) is 116 cm³/mol. The molecule has 0 atom stereocenters. The molecular weight excluding hydrogens is 440 g/mol. The van der Waals surface area contributed by atoms with Gasteiger partial charge < -0.3 is 4.90 Å². The van der Waals surface area contributed by atoms with Crippen molar-refractivity contribution in [2.75, 3.05) is 26.2 Å². The molecule has 0 spiro atoms. The Morgan fingerprint density at radius 1 is 0.903 bits per heavy atom. The standard InChI is InChI=1S/C21H19ClN4O4S/c22-16-5-4-8-18(15-16)31(29,30)25-13-11-24(12-14-25)21(28)19-9-10-20(27)26(23-19)17-6-2-1-3-7-17/h1-10,15H,11-14H2. The van der Waals surface area contributed by atoms with Crippen LogP contribution in [0.3, 0.4) is 0 Å². The van der Waals surface area contributed by atoms with Crippen molar-refractivity contribution in [3.05, 3.63) is 87.8 Å². The average molecular weight is 459 g/mol. The number of sulfonamides is 1. The number of rotatable bonds is 4. The molecule has 2 heterocycles. The molecule has 3 aromatic rings. The summed E-state index contributed by atoms with van der Waals surface area (Å²) in [5.74, 6) is -0.357. The van der Waals surface area contributed by atoms with Crippen molar-refractivity contribution in [3.63, 3.8) is 0 Å². The van der Waals surface area contributed by atoms with Gasteiger partial charge in [0.05, 0.1) is 10.6 Å². The zero-order valence-corrected chi connectivity index (χ0v) is 18.0. The maximum Gasteiger partial charge on any atom is 0.274 e. The number of halogens is 1. The van der Waals surface area contributed by atoms with E-state index in [1.165, 1.54) is 38.2 Å². The fraction of sp³-hybridized carbons (Fsp3) is 0.190. The SMILES string of the molecule is O=C(c1ccc(=O)n(-c2ccccc2)n1)N1CCN(S(=O)(=O)c2cccc(Cl)c2)CC1. The fourth-order valence-corrected chi connectivity index (χ4v) is 5.07. The van der Waals surface area contributed by atoms with Crippen LogP contribution in [0.25, 0.3) is 5.69 Å². The number of hydrogen-bond acceptors (Lipinski definition) is 5. The fourth-order valence-electron chi connectivity index (χ4n) is 3.35. The summed E-state index contributed by atoms with van der Waals surface area (Å²) in [6.45, 7) is 0.730. The second-order valence-electron chi connectivity index (χ2n) is 6.96. The number of hydrogen-bond donors (Lipinski definition) is 0. The third kappa shape index (κ3) is 4.39. The number of nitrogens with zero attached hydrogens (tertiary/aromatic N) is 4. The minimum Gasteiger partial charge on any atom is -0.335 e. The van der Waals surface area contributed by atoms with Crippen molar-refractivity contribution < 1.29 is 13.2 Å². The molecule has 2 aromatic carbocycles. The monoisotopic (exact) mass is 458 g/mol. The highest BCUT2D eigenvalue weighted by molar-refractivity contribution is 7.89. The summed E-state index contributed by atoms with van der Waals surface area (Å²) in [4.78, 5) is 26.8. The van der Waals surface area contributed by atoms with Gasteiger partial charge in [-0.2, -0.15) is 14.1 Å². The van der Waals surface area contributed by atoms with Gasteiger partial charge in [0.1, 0.15) is 5.69 Å². The molecule has 0 bridgehead atoms. The first-order valence-electron chi connectivity index (χ1n) is 9.57. The van der Waals surface area contributed by atoms with Gasteiger partial charge in [0, 0.05) is 37.3 Å². The number of benzene rings is 2. The van der Waals surface area contributed by atoms with Crippen LogP contribution in [0.1, 0.15) is 10.5 Å². The lowest BCUT2D eigenvalue weighted by atomic mass is 10.3. The molecule has 1 saturated heterocycles. The third-order valence-electron chi connectivity index (χ3n) is 4.98. The number of para-hydroxylation sites is 1. The van der Waals surface area contributed by atoms with E-state index in [2.05, 4.69) is 5.10 Å². The van der Waals surface area contributed by atoms with Crippen LogP contribution < -0.4 is 5.56 Å². The van der Waals surface area contributed by atoms with Crippen LogP contribution in [0.5, 0.6) is 0 Å². The van der Waals surface area contributed by atoms with Crippen LogP contribution >= 0.6 is 11.6 Å². The van der Waals surface area contributed by atoms with Crippen molar-refractivity contribution in [2.45, 2.75) is 4.90 Å². The van der Waals surface area contributed by atoms with Gasteiger partial charge in [-0.25, -0.2) is 8.42 Å². The first-order chi connectivity index (χ1) is 14.9. The van der Waals surface area contributed by atoms with Gasteiger partial charge >= 0.3 is 0 Å². The van der Waals surface area contributed by atoms with Crippen molar-refractivity contribution in [2.24, 2.45) is 0 Å². The Morgan fingerprint density at radius 3 is 2.29 bits per heavy atom. The molecule has 0 saturated carbocycles. The zero-order valence-electron chi connectivity index (χ0n) is 16.4. The minimum absolute atomic E-state index is 0.120. The zero-order chi connectivity index (χ0) is 22.0. The van der Waals surface area contributed by atoms with E-state index >= 15 is 0 Å². The van der Waals surface area contributed by atoms with Crippen LogP contribution in [-0.2, 0) is 10.0 Å². The van der Waals surface area contributed by atoms with Crippen molar-refractivity contribution in [3.8, 4) is 5.69 Å². The first kappa shape index (κ1) is 21.2. The van der Waals surface area contributed by atoms with E-state index < -0.39 is 10.0 Å². The maximum absolute atomic E-state index is 12.9. The lowest BCUT2D eigenvalue weighted by molar-refractivity contribution is 0.0690. The molecule has 1 fully saturated rings. The molecule has 10 heteroatoms. The Balaban J connectivity index is 1.50. The number of carbonyl (C=O) groups excluding carboxylic acids is 1. The molecule has 8 nitrogen and oxygen atoms in total. The lowest BCUT2D eigenvalue weighted by Crippen LogP contribution is -2.50. The lowest BCUT2D eigenvalue weighted by Gasteiger charge is -2.33. The van der Waals surface area contributed by atoms with E-state index in [1.807, 2.05) is 6.07 Å². The molecule has 1 aliphatic rings. The molecule has 0 N–H and O–H groups in total. The van der Waals surface area contributed by atoms with E-state index in [4.69, 9.17) is 11.6 Å². The summed E-state index contributed by atoms with van der Waals surface area (Å²) >= 11 is 5.92. The second kappa shape index (κ2) is 8.62. The van der Waals surface area contributed by atoms with Gasteiger partial charge in [-0.05, 0) is 36.4 Å². The molecule has 1 aromatic heterocycles. The van der Waals surface area contributed by atoms with E-state index in [-0.39, 0.29) is 48.2 Å². The summed E-state index contributed by atoms with van der Waals surface area (Å²) in [6, 6.07) is 17.6. The third-order valence-corrected chi connectivity index (χ3v) is 7.11. The molecule has 1 aliphatic heterocycles. The van der Waals surface area contributed by atoms with Gasteiger partial charge in [0.25, 0.3) is 11.5 Å². The van der Waals surface area contributed by atoms with E-state index in [9.17, 15) is 18.0 Å². The summed E-state index contributed by atoms with van der Waals surface area (Å²) in [5, 5.41) is 4.55. The average Bonchev–Trinajstić information content (AvgIpc) is 2.79. The summed E-state index contributed by atoms with van der Waals surface area (Å²) in [5.41, 5.74) is 0.328. The maximum atomic E-state index is 12.9. The number of piperazine rings is 1. The summed E-state index contributed by atoms with van der Waals surface area (Å²) in [7, 11) is -3.70. The molecule has 0 radical (unpaired) electrons. The topological polar surface area (TPSA) is 92.6 Å². The van der Waals surface area contributed by atoms with Gasteiger partial charge in [-0.1, -0.05) is 35.9 Å². The van der Waals surface area contributed by atoms with Crippen LogP contribution in [0.15, 0.2) is 76.4 Å². The molecular formula is C21H19ClN4O4S. The molecule has 4 rings (SSSR count).